The lowest BCUT2D eigenvalue weighted by Gasteiger charge is -2.23. The molecule has 0 aromatic rings. The highest BCUT2D eigenvalue weighted by Gasteiger charge is 2.29. The van der Waals surface area contributed by atoms with Crippen LogP contribution in [0, 0.1) is 5.92 Å². The van der Waals surface area contributed by atoms with Gasteiger partial charge in [-0.2, -0.15) is 11.8 Å². The average molecular weight is 259 g/mol. The molecule has 1 saturated heterocycles. The molecule has 2 fully saturated rings. The summed E-state index contributed by atoms with van der Waals surface area (Å²) in [6, 6.07) is 0. The summed E-state index contributed by atoms with van der Waals surface area (Å²) in [5.74, 6) is 2.06. The first-order valence-electron chi connectivity index (χ1n) is 6.78. The predicted octanol–water partition coefficient (Wildman–Crippen LogP) is 1.65. The van der Waals surface area contributed by atoms with Crippen molar-refractivity contribution in [2.75, 3.05) is 32.1 Å². The Bertz CT molecular complexity index is 227. The van der Waals surface area contributed by atoms with Crippen LogP contribution in [0.25, 0.3) is 0 Å². The molecule has 0 bridgehead atoms. The van der Waals surface area contributed by atoms with Crippen LogP contribution >= 0.6 is 11.8 Å². The Hall–Kier alpha value is 0.230. The Morgan fingerprint density at radius 2 is 2.35 bits per heavy atom. The molecule has 1 aliphatic heterocycles. The minimum absolute atomic E-state index is 0.358. The van der Waals surface area contributed by atoms with E-state index in [9.17, 15) is 5.11 Å². The summed E-state index contributed by atoms with van der Waals surface area (Å²) in [4.78, 5) is 0. The Labute approximate surface area is 109 Å². The molecule has 0 amide bonds. The molecule has 2 rings (SSSR count). The molecule has 17 heavy (non-hydrogen) atoms. The Morgan fingerprint density at radius 3 is 3.00 bits per heavy atom. The smallest absolute Gasteiger partial charge is 0.0897 e. The quantitative estimate of drug-likeness (QED) is 0.695. The summed E-state index contributed by atoms with van der Waals surface area (Å²) in [7, 11) is 0. The molecule has 1 saturated carbocycles. The SMILES string of the molecule is CC1(CNCC(O)COCC2CC2)CCCS1. The van der Waals surface area contributed by atoms with Crippen molar-refractivity contribution in [3.8, 4) is 0 Å². The fourth-order valence-electron chi connectivity index (χ4n) is 2.19. The predicted molar refractivity (Wildman–Crippen MR) is 72.5 cm³/mol. The number of hydrogen-bond acceptors (Lipinski definition) is 4. The van der Waals surface area contributed by atoms with Gasteiger partial charge in [0, 0.05) is 24.4 Å². The van der Waals surface area contributed by atoms with E-state index in [1.807, 2.05) is 0 Å². The van der Waals surface area contributed by atoms with Gasteiger partial charge in [0.15, 0.2) is 0 Å². The number of aliphatic hydroxyl groups is 1. The molecule has 0 aromatic carbocycles. The van der Waals surface area contributed by atoms with Gasteiger partial charge in [0.2, 0.25) is 0 Å². The van der Waals surface area contributed by atoms with Crippen molar-refractivity contribution in [3.63, 3.8) is 0 Å². The van der Waals surface area contributed by atoms with Crippen LogP contribution in [0.2, 0.25) is 0 Å². The molecular formula is C13H25NO2S. The molecule has 0 radical (unpaired) electrons. The zero-order valence-corrected chi connectivity index (χ0v) is 11.6. The van der Waals surface area contributed by atoms with Gasteiger partial charge in [-0.1, -0.05) is 0 Å². The van der Waals surface area contributed by atoms with Gasteiger partial charge >= 0.3 is 0 Å². The molecule has 100 valence electrons. The van der Waals surface area contributed by atoms with E-state index in [-0.39, 0.29) is 6.10 Å². The molecular weight excluding hydrogens is 234 g/mol. The van der Waals surface area contributed by atoms with E-state index in [4.69, 9.17) is 4.74 Å². The van der Waals surface area contributed by atoms with Crippen LogP contribution in [0.5, 0.6) is 0 Å². The van der Waals surface area contributed by atoms with Gasteiger partial charge < -0.3 is 15.2 Å². The standard InChI is InChI=1S/C13H25NO2S/c1-13(5-2-6-17-13)10-14-7-12(15)9-16-8-11-3-4-11/h11-12,14-15H,2-10H2,1H3. The molecule has 0 aromatic heterocycles. The van der Waals surface area contributed by atoms with E-state index < -0.39 is 0 Å². The van der Waals surface area contributed by atoms with Crippen molar-refractivity contribution in [2.24, 2.45) is 5.92 Å². The Kier molecular flexibility index (Phi) is 5.15. The molecule has 2 aliphatic rings. The lowest BCUT2D eigenvalue weighted by atomic mass is 10.1. The lowest BCUT2D eigenvalue weighted by molar-refractivity contribution is 0.0324. The van der Waals surface area contributed by atoms with Crippen molar-refractivity contribution < 1.29 is 9.84 Å². The molecule has 2 N–H and O–H groups in total. The topological polar surface area (TPSA) is 41.5 Å². The molecule has 3 nitrogen and oxygen atoms in total. The average Bonchev–Trinajstić information content (AvgIpc) is 3.01. The maximum atomic E-state index is 9.75. The Morgan fingerprint density at radius 1 is 1.53 bits per heavy atom. The largest absolute Gasteiger partial charge is 0.389 e. The van der Waals surface area contributed by atoms with Crippen LogP contribution < -0.4 is 5.32 Å². The first-order valence-corrected chi connectivity index (χ1v) is 7.77. The molecule has 2 atom stereocenters. The minimum atomic E-state index is -0.358. The van der Waals surface area contributed by atoms with Gasteiger partial charge in [-0.3, -0.25) is 0 Å². The number of rotatable bonds is 8. The van der Waals surface area contributed by atoms with Crippen molar-refractivity contribution in [3.05, 3.63) is 0 Å². The zero-order valence-electron chi connectivity index (χ0n) is 10.8. The van der Waals surface area contributed by atoms with Crippen molar-refractivity contribution in [2.45, 2.75) is 43.5 Å². The maximum absolute atomic E-state index is 9.75. The summed E-state index contributed by atoms with van der Waals surface area (Å²) in [6.45, 7) is 5.28. The van der Waals surface area contributed by atoms with Crippen LogP contribution in [0.3, 0.4) is 0 Å². The summed E-state index contributed by atoms with van der Waals surface area (Å²) < 4.78 is 5.86. The molecule has 1 aliphatic carbocycles. The monoisotopic (exact) mass is 259 g/mol. The first-order chi connectivity index (χ1) is 8.18. The summed E-state index contributed by atoms with van der Waals surface area (Å²) in [6.07, 6.45) is 4.88. The van der Waals surface area contributed by atoms with Crippen LogP contribution in [-0.2, 0) is 4.74 Å². The number of thioether (sulfide) groups is 1. The maximum Gasteiger partial charge on any atom is 0.0897 e. The zero-order chi connectivity index (χ0) is 12.1. The lowest BCUT2D eigenvalue weighted by Crippen LogP contribution is -2.38. The molecule has 1 heterocycles. The number of nitrogens with one attached hydrogen (secondary N) is 1. The van der Waals surface area contributed by atoms with Gasteiger partial charge in [-0.25, -0.2) is 0 Å². The van der Waals surface area contributed by atoms with Gasteiger partial charge in [0.25, 0.3) is 0 Å². The van der Waals surface area contributed by atoms with E-state index in [0.29, 0.717) is 17.9 Å². The normalized spacial score (nSPS) is 30.7. The second-order valence-electron chi connectivity index (χ2n) is 5.67. The minimum Gasteiger partial charge on any atom is -0.389 e. The number of ether oxygens (including phenoxy) is 1. The fourth-order valence-corrected chi connectivity index (χ4v) is 3.47. The van der Waals surface area contributed by atoms with E-state index in [0.717, 1.165) is 19.1 Å². The van der Waals surface area contributed by atoms with Gasteiger partial charge in [-0.05, 0) is 44.3 Å². The Balaban J connectivity index is 1.48. The highest BCUT2D eigenvalue weighted by molar-refractivity contribution is 8.00. The summed E-state index contributed by atoms with van der Waals surface area (Å²) in [5.41, 5.74) is 0. The number of aliphatic hydroxyl groups excluding tert-OH is 1. The van der Waals surface area contributed by atoms with Crippen molar-refractivity contribution >= 4 is 11.8 Å². The van der Waals surface area contributed by atoms with Crippen molar-refractivity contribution in [1.82, 2.24) is 5.32 Å². The van der Waals surface area contributed by atoms with Crippen LogP contribution in [-0.4, -0.2) is 48.0 Å². The van der Waals surface area contributed by atoms with Crippen LogP contribution in [0.4, 0.5) is 0 Å². The highest BCUT2D eigenvalue weighted by Crippen LogP contribution is 2.36. The number of hydrogen-bond donors (Lipinski definition) is 2. The van der Waals surface area contributed by atoms with Crippen LogP contribution in [0.1, 0.15) is 32.6 Å². The third-order valence-electron chi connectivity index (χ3n) is 3.54. The molecule has 4 heteroatoms. The van der Waals surface area contributed by atoms with E-state index >= 15 is 0 Å². The second-order valence-corrected chi connectivity index (χ2v) is 7.35. The summed E-state index contributed by atoms with van der Waals surface area (Å²) >= 11 is 2.05. The third kappa shape index (κ3) is 5.16. The second kappa shape index (κ2) is 6.41. The van der Waals surface area contributed by atoms with Gasteiger partial charge in [0.05, 0.1) is 12.7 Å². The fraction of sp³-hybridized carbons (Fsp3) is 1.00. The highest BCUT2D eigenvalue weighted by atomic mass is 32.2. The van der Waals surface area contributed by atoms with Crippen LogP contribution in [0.15, 0.2) is 0 Å². The van der Waals surface area contributed by atoms with E-state index in [1.165, 1.54) is 31.4 Å². The van der Waals surface area contributed by atoms with Gasteiger partial charge in [0.1, 0.15) is 0 Å². The first kappa shape index (κ1) is 13.7. The van der Waals surface area contributed by atoms with Crippen molar-refractivity contribution in [1.29, 1.82) is 0 Å². The third-order valence-corrected chi connectivity index (χ3v) is 5.08. The van der Waals surface area contributed by atoms with E-state index in [2.05, 4.69) is 24.0 Å². The van der Waals surface area contributed by atoms with E-state index in [1.54, 1.807) is 0 Å². The molecule has 0 spiro atoms. The van der Waals surface area contributed by atoms with Gasteiger partial charge in [-0.15, -0.1) is 0 Å². The molecule has 2 unspecified atom stereocenters. The summed E-state index contributed by atoms with van der Waals surface area (Å²) in [5, 5.41) is 13.1.